The average molecular weight is 310 g/mol. The number of carbonyl (C=O) groups is 1. The molecule has 0 aliphatic carbocycles. The summed E-state index contributed by atoms with van der Waals surface area (Å²) in [6, 6.07) is 11.0. The molecule has 2 aromatic rings. The monoisotopic (exact) mass is 310 g/mol. The lowest BCUT2D eigenvalue weighted by Crippen LogP contribution is -2.11. The van der Waals surface area contributed by atoms with Crippen molar-refractivity contribution in [3.05, 3.63) is 59.4 Å². The fraction of sp³-hybridized carbons (Fsp3) is 0.118. The van der Waals surface area contributed by atoms with Crippen LogP contribution in [0.2, 0.25) is 0 Å². The molecule has 116 valence electrons. The second-order valence-electron chi connectivity index (χ2n) is 4.72. The third-order valence-electron chi connectivity index (χ3n) is 3.04. The smallest absolute Gasteiger partial charge is 0.349 e. The Hall–Kier alpha value is -3.33. The highest BCUT2D eigenvalue weighted by atomic mass is 16.5. The minimum absolute atomic E-state index is 0.224. The number of pyridine rings is 1. The fourth-order valence-electron chi connectivity index (χ4n) is 1.83. The predicted octanol–water partition coefficient (Wildman–Crippen LogP) is 2.70. The van der Waals surface area contributed by atoms with E-state index in [9.17, 15) is 15.0 Å². The Morgan fingerprint density at radius 3 is 2.70 bits per heavy atom. The van der Waals surface area contributed by atoms with E-state index in [1.54, 1.807) is 37.4 Å². The molecule has 6 heteroatoms. The Morgan fingerprint density at radius 2 is 2.09 bits per heavy atom. The molecule has 1 unspecified atom stereocenters. The first-order valence-electron chi connectivity index (χ1n) is 6.77. The highest BCUT2D eigenvalue weighted by Crippen LogP contribution is 2.26. The second-order valence-corrected chi connectivity index (χ2v) is 4.72. The van der Waals surface area contributed by atoms with E-state index >= 15 is 0 Å². The highest BCUT2D eigenvalue weighted by molar-refractivity contribution is 5.98. The van der Waals surface area contributed by atoms with Gasteiger partial charge in [0.25, 0.3) is 0 Å². The van der Waals surface area contributed by atoms with Crippen molar-refractivity contribution in [1.29, 1.82) is 5.26 Å². The second kappa shape index (κ2) is 7.09. The van der Waals surface area contributed by atoms with Crippen LogP contribution in [0, 0.1) is 11.3 Å². The van der Waals surface area contributed by atoms with E-state index in [-0.39, 0.29) is 17.1 Å². The van der Waals surface area contributed by atoms with Gasteiger partial charge in [-0.1, -0.05) is 12.1 Å². The van der Waals surface area contributed by atoms with Gasteiger partial charge >= 0.3 is 5.97 Å². The molecule has 1 aromatic heterocycles. The van der Waals surface area contributed by atoms with Crippen LogP contribution >= 0.6 is 0 Å². The molecule has 0 aliphatic heterocycles. The Labute approximate surface area is 132 Å². The van der Waals surface area contributed by atoms with Gasteiger partial charge in [0.2, 0.25) is 0 Å². The van der Waals surface area contributed by atoms with Crippen molar-refractivity contribution < 1.29 is 19.7 Å². The van der Waals surface area contributed by atoms with Gasteiger partial charge < -0.3 is 14.9 Å². The summed E-state index contributed by atoms with van der Waals surface area (Å²) in [6.45, 7) is 1.65. The zero-order chi connectivity index (χ0) is 16.8. The van der Waals surface area contributed by atoms with Crippen LogP contribution in [0.1, 0.15) is 24.3 Å². The van der Waals surface area contributed by atoms with Crippen LogP contribution in [0.15, 0.2) is 48.2 Å². The summed E-state index contributed by atoms with van der Waals surface area (Å²) < 4.78 is 5.21. The summed E-state index contributed by atoms with van der Waals surface area (Å²) in [5.74, 6) is -1.42. The third kappa shape index (κ3) is 4.08. The summed E-state index contributed by atoms with van der Waals surface area (Å²) in [5, 5.41) is 27.8. The SMILES string of the molecule is CC(OC(=O)C(C#N)=Cc1ccc(O)c(O)c1)c1ccccn1. The largest absolute Gasteiger partial charge is 0.504 e. The molecule has 0 saturated carbocycles. The summed E-state index contributed by atoms with van der Waals surface area (Å²) in [6.07, 6.45) is 2.25. The number of carbonyl (C=O) groups excluding carboxylic acids is 1. The van der Waals surface area contributed by atoms with Gasteiger partial charge in [0.15, 0.2) is 11.5 Å². The average Bonchev–Trinajstić information content (AvgIpc) is 2.56. The summed E-state index contributed by atoms with van der Waals surface area (Å²) in [7, 11) is 0. The van der Waals surface area contributed by atoms with Gasteiger partial charge in [0, 0.05) is 6.20 Å². The summed E-state index contributed by atoms with van der Waals surface area (Å²) >= 11 is 0. The van der Waals surface area contributed by atoms with Gasteiger partial charge in [-0.05, 0) is 42.8 Å². The van der Waals surface area contributed by atoms with Crippen molar-refractivity contribution in [2.45, 2.75) is 13.0 Å². The van der Waals surface area contributed by atoms with Crippen LogP contribution in [0.4, 0.5) is 0 Å². The van der Waals surface area contributed by atoms with Crippen LogP contribution in [-0.2, 0) is 9.53 Å². The molecule has 0 bridgehead atoms. The maximum atomic E-state index is 12.1. The lowest BCUT2D eigenvalue weighted by Gasteiger charge is -2.12. The van der Waals surface area contributed by atoms with Crippen molar-refractivity contribution in [1.82, 2.24) is 4.98 Å². The van der Waals surface area contributed by atoms with Crippen molar-refractivity contribution >= 4 is 12.0 Å². The maximum Gasteiger partial charge on any atom is 0.349 e. The third-order valence-corrected chi connectivity index (χ3v) is 3.04. The number of rotatable bonds is 4. The van der Waals surface area contributed by atoms with Gasteiger partial charge in [-0.25, -0.2) is 4.79 Å². The van der Waals surface area contributed by atoms with Crippen LogP contribution in [-0.4, -0.2) is 21.2 Å². The first-order chi connectivity index (χ1) is 11.0. The minimum Gasteiger partial charge on any atom is -0.504 e. The molecule has 2 rings (SSSR count). The Bertz CT molecular complexity index is 779. The van der Waals surface area contributed by atoms with Crippen LogP contribution < -0.4 is 0 Å². The zero-order valence-electron chi connectivity index (χ0n) is 12.3. The summed E-state index contributed by atoms with van der Waals surface area (Å²) in [4.78, 5) is 16.1. The number of hydrogen-bond acceptors (Lipinski definition) is 6. The lowest BCUT2D eigenvalue weighted by molar-refractivity contribution is -0.143. The molecule has 1 atom stereocenters. The van der Waals surface area contributed by atoms with E-state index in [0.717, 1.165) is 0 Å². The molecule has 1 aromatic carbocycles. The van der Waals surface area contributed by atoms with E-state index < -0.39 is 12.1 Å². The molecular formula is C17H14N2O4. The number of ether oxygens (including phenoxy) is 1. The number of phenols is 2. The van der Waals surface area contributed by atoms with E-state index in [1.807, 2.05) is 0 Å². The first kappa shape index (κ1) is 16.0. The number of aromatic hydroxyl groups is 2. The topological polar surface area (TPSA) is 103 Å². The minimum atomic E-state index is -0.793. The van der Waals surface area contributed by atoms with E-state index in [0.29, 0.717) is 11.3 Å². The lowest BCUT2D eigenvalue weighted by atomic mass is 10.1. The van der Waals surface area contributed by atoms with Crippen molar-refractivity contribution in [2.75, 3.05) is 0 Å². The predicted molar refractivity (Wildman–Crippen MR) is 82.1 cm³/mol. The Balaban J connectivity index is 2.17. The standard InChI is InChI=1S/C17H14N2O4/c1-11(14-4-2-3-7-19-14)23-17(22)13(10-18)8-12-5-6-15(20)16(21)9-12/h2-9,11,20-21H,1H3. The van der Waals surface area contributed by atoms with Crippen molar-refractivity contribution in [3.8, 4) is 17.6 Å². The molecule has 6 nitrogen and oxygen atoms in total. The molecule has 0 radical (unpaired) electrons. The molecule has 0 saturated heterocycles. The van der Waals surface area contributed by atoms with Gasteiger partial charge in [-0.15, -0.1) is 0 Å². The number of aromatic nitrogens is 1. The molecule has 0 fully saturated rings. The van der Waals surface area contributed by atoms with Crippen molar-refractivity contribution in [2.24, 2.45) is 0 Å². The van der Waals surface area contributed by atoms with Gasteiger partial charge in [-0.2, -0.15) is 5.26 Å². The molecule has 23 heavy (non-hydrogen) atoms. The van der Waals surface area contributed by atoms with Crippen LogP contribution in [0.3, 0.4) is 0 Å². The molecular weight excluding hydrogens is 296 g/mol. The number of nitrogens with zero attached hydrogens (tertiary/aromatic N) is 2. The number of esters is 1. The maximum absolute atomic E-state index is 12.1. The molecule has 1 heterocycles. The van der Waals surface area contributed by atoms with Crippen LogP contribution in [0.5, 0.6) is 11.5 Å². The fourth-order valence-corrected chi connectivity index (χ4v) is 1.83. The summed E-state index contributed by atoms with van der Waals surface area (Å²) in [5.41, 5.74) is 0.734. The van der Waals surface area contributed by atoms with Gasteiger partial charge in [-0.3, -0.25) is 4.98 Å². The van der Waals surface area contributed by atoms with Gasteiger partial charge in [0.1, 0.15) is 17.7 Å². The number of hydrogen-bond donors (Lipinski definition) is 2. The number of phenolic OH excluding ortho intramolecular Hbond substituents is 2. The van der Waals surface area contributed by atoms with Gasteiger partial charge in [0.05, 0.1) is 5.69 Å². The molecule has 0 amide bonds. The van der Waals surface area contributed by atoms with E-state index in [2.05, 4.69) is 4.98 Å². The zero-order valence-corrected chi connectivity index (χ0v) is 12.3. The highest BCUT2D eigenvalue weighted by Gasteiger charge is 2.17. The molecule has 0 aliphatic rings. The Kier molecular flexibility index (Phi) is 4.95. The Morgan fingerprint density at radius 1 is 1.30 bits per heavy atom. The normalized spacial score (nSPS) is 12.3. The molecule has 2 N–H and O–H groups in total. The van der Waals surface area contributed by atoms with E-state index in [1.165, 1.54) is 24.3 Å². The quantitative estimate of drug-likeness (QED) is 0.389. The molecule has 0 spiro atoms. The van der Waals surface area contributed by atoms with Crippen LogP contribution in [0.25, 0.3) is 6.08 Å². The first-order valence-corrected chi connectivity index (χ1v) is 6.77. The number of nitriles is 1. The van der Waals surface area contributed by atoms with E-state index in [4.69, 9.17) is 10.00 Å². The van der Waals surface area contributed by atoms with Crippen molar-refractivity contribution in [3.63, 3.8) is 0 Å². The number of benzene rings is 1.